The van der Waals surface area contributed by atoms with Crippen molar-refractivity contribution in [2.45, 2.75) is 20.8 Å². The Hall–Kier alpha value is -1.06. The van der Waals surface area contributed by atoms with Crippen LogP contribution in [0, 0.1) is 12.3 Å². The molecule has 0 atom stereocenters. The van der Waals surface area contributed by atoms with Crippen molar-refractivity contribution in [1.82, 2.24) is 4.90 Å². The highest BCUT2D eigenvalue weighted by atomic mass is 16.5. The van der Waals surface area contributed by atoms with Gasteiger partial charge in [-0.1, -0.05) is 32.0 Å². The third kappa shape index (κ3) is 5.07. The molecule has 0 unspecified atom stereocenters. The number of aryl methyl sites for hydroxylation is 1. The number of benzene rings is 1. The molecule has 0 aliphatic carbocycles. The van der Waals surface area contributed by atoms with Crippen molar-refractivity contribution >= 4 is 0 Å². The lowest BCUT2D eigenvalue weighted by Crippen LogP contribution is -2.38. The summed E-state index contributed by atoms with van der Waals surface area (Å²) in [6, 6.07) is 8.11. The van der Waals surface area contributed by atoms with E-state index in [4.69, 9.17) is 10.5 Å². The summed E-state index contributed by atoms with van der Waals surface area (Å²) in [6.07, 6.45) is 0. The van der Waals surface area contributed by atoms with Gasteiger partial charge in [-0.25, -0.2) is 0 Å². The summed E-state index contributed by atoms with van der Waals surface area (Å²) in [7, 11) is 2.11. The van der Waals surface area contributed by atoms with Gasteiger partial charge in [-0.2, -0.15) is 0 Å². The van der Waals surface area contributed by atoms with Crippen LogP contribution in [-0.2, 0) is 0 Å². The van der Waals surface area contributed by atoms with E-state index in [-0.39, 0.29) is 5.41 Å². The predicted molar refractivity (Wildman–Crippen MR) is 77.0 cm³/mol. The van der Waals surface area contributed by atoms with Crippen LogP contribution in [0.5, 0.6) is 5.75 Å². The number of para-hydroxylation sites is 1. The predicted octanol–water partition coefficient (Wildman–Crippen LogP) is 2.29. The van der Waals surface area contributed by atoms with E-state index in [2.05, 4.69) is 38.8 Å². The summed E-state index contributed by atoms with van der Waals surface area (Å²) in [4.78, 5) is 2.27. The second-order valence-corrected chi connectivity index (χ2v) is 5.72. The van der Waals surface area contributed by atoms with Crippen molar-refractivity contribution in [2.24, 2.45) is 11.1 Å². The number of hydrogen-bond acceptors (Lipinski definition) is 3. The third-order valence-electron chi connectivity index (χ3n) is 3.07. The van der Waals surface area contributed by atoms with Crippen molar-refractivity contribution < 1.29 is 4.74 Å². The number of hydrogen-bond donors (Lipinski definition) is 1. The molecule has 0 saturated heterocycles. The van der Waals surface area contributed by atoms with Crippen LogP contribution in [-0.4, -0.2) is 38.2 Å². The molecule has 2 N–H and O–H groups in total. The normalized spacial score (nSPS) is 11.9. The van der Waals surface area contributed by atoms with Crippen molar-refractivity contribution in [3.8, 4) is 5.75 Å². The minimum absolute atomic E-state index is 0.164. The smallest absolute Gasteiger partial charge is 0.122 e. The Labute approximate surface area is 111 Å². The van der Waals surface area contributed by atoms with Gasteiger partial charge in [-0.3, -0.25) is 0 Å². The van der Waals surface area contributed by atoms with Gasteiger partial charge in [-0.15, -0.1) is 0 Å². The molecule has 18 heavy (non-hydrogen) atoms. The van der Waals surface area contributed by atoms with E-state index >= 15 is 0 Å². The van der Waals surface area contributed by atoms with Gasteiger partial charge in [0.1, 0.15) is 12.4 Å². The maximum absolute atomic E-state index is 5.78. The first kappa shape index (κ1) is 15.0. The van der Waals surface area contributed by atoms with E-state index in [1.807, 2.05) is 18.2 Å². The maximum atomic E-state index is 5.78. The van der Waals surface area contributed by atoms with E-state index in [1.54, 1.807) is 0 Å². The average molecular weight is 250 g/mol. The second kappa shape index (κ2) is 6.76. The van der Waals surface area contributed by atoms with Crippen molar-refractivity contribution in [3.05, 3.63) is 29.8 Å². The maximum Gasteiger partial charge on any atom is 0.122 e. The lowest BCUT2D eigenvalue weighted by molar-refractivity contribution is 0.181. The highest BCUT2D eigenvalue weighted by molar-refractivity contribution is 5.31. The molecule has 0 radical (unpaired) electrons. The molecule has 1 aromatic carbocycles. The Morgan fingerprint density at radius 2 is 1.94 bits per heavy atom. The molecule has 0 heterocycles. The first-order chi connectivity index (χ1) is 8.44. The largest absolute Gasteiger partial charge is 0.492 e. The van der Waals surface area contributed by atoms with E-state index < -0.39 is 0 Å². The molecule has 0 saturated carbocycles. The van der Waals surface area contributed by atoms with Crippen LogP contribution in [0.2, 0.25) is 0 Å². The summed E-state index contributed by atoms with van der Waals surface area (Å²) < 4.78 is 5.78. The zero-order chi connectivity index (χ0) is 13.6. The monoisotopic (exact) mass is 250 g/mol. The molecule has 0 fully saturated rings. The number of ether oxygens (including phenoxy) is 1. The van der Waals surface area contributed by atoms with Gasteiger partial charge in [-0.05, 0) is 37.6 Å². The Morgan fingerprint density at radius 3 is 2.56 bits per heavy atom. The van der Waals surface area contributed by atoms with E-state index in [0.29, 0.717) is 13.2 Å². The molecule has 3 nitrogen and oxygen atoms in total. The SMILES string of the molecule is Cc1ccccc1OCCN(C)CC(C)(C)CN. The second-order valence-electron chi connectivity index (χ2n) is 5.72. The Morgan fingerprint density at radius 1 is 1.28 bits per heavy atom. The summed E-state index contributed by atoms with van der Waals surface area (Å²) in [6.45, 7) is 9.75. The van der Waals surface area contributed by atoms with Gasteiger partial charge in [0.25, 0.3) is 0 Å². The van der Waals surface area contributed by atoms with Crippen LogP contribution in [0.1, 0.15) is 19.4 Å². The topological polar surface area (TPSA) is 38.5 Å². The summed E-state index contributed by atoms with van der Waals surface area (Å²) in [5.74, 6) is 0.976. The molecule has 0 bridgehead atoms. The standard InChI is InChI=1S/C15H26N2O/c1-13-7-5-6-8-14(13)18-10-9-17(4)12-15(2,3)11-16/h5-8H,9-12,16H2,1-4H3. The zero-order valence-electron chi connectivity index (χ0n) is 12.1. The van der Waals surface area contributed by atoms with Crippen LogP contribution in [0.4, 0.5) is 0 Å². The van der Waals surface area contributed by atoms with Crippen LogP contribution in [0.15, 0.2) is 24.3 Å². The molecule has 1 aromatic rings. The fraction of sp³-hybridized carbons (Fsp3) is 0.600. The average Bonchev–Trinajstić information content (AvgIpc) is 2.31. The molecule has 0 aliphatic rings. The van der Waals surface area contributed by atoms with Crippen LogP contribution >= 0.6 is 0 Å². The molecule has 0 aliphatic heterocycles. The zero-order valence-corrected chi connectivity index (χ0v) is 12.1. The van der Waals surface area contributed by atoms with Gasteiger partial charge in [0.15, 0.2) is 0 Å². The van der Waals surface area contributed by atoms with Gasteiger partial charge < -0.3 is 15.4 Å². The number of nitrogens with two attached hydrogens (primary N) is 1. The van der Waals surface area contributed by atoms with Crippen LogP contribution in [0.25, 0.3) is 0 Å². The van der Waals surface area contributed by atoms with Gasteiger partial charge >= 0.3 is 0 Å². The Kier molecular flexibility index (Phi) is 5.63. The Balaban J connectivity index is 2.32. The van der Waals surface area contributed by atoms with Crippen molar-refractivity contribution in [1.29, 1.82) is 0 Å². The van der Waals surface area contributed by atoms with Crippen LogP contribution < -0.4 is 10.5 Å². The number of nitrogens with zero attached hydrogens (tertiary/aromatic N) is 1. The highest BCUT2D eigenvalue weighted by Crippen LogP contribution is 2.16. The quantitative estimate of drug-likeness (QED) is 0.807. The molecule has 0 spiro atoms. The molecule has 3 heteroatoms. The third-order valence-corrected chi connectivity index (χ3v) is 3.07. The molecule has 0 aromatic heterocycles. The minimum Gasteiger partial charge on any atom is -0.492 e. The van der Waals surface area contributed by atoms with Gasteiger partial charge in [0.2, 0.25) is 0 Å². The number of likely N-dealkylation sites (N-methyl/N-ethyl adjacent to an activating group) is 1. The Bertz CT molecular complexity index is 363. The summed E-state index contributed by atoms with van der Waals surface area (Å²) >= 11 is 0. The highest BCUT2D eigenvalue weighted by Gasteiger charge is 2.17. The summed E-state index contributed by atoms with van der Waals surface area (Å²) in [5, 5.41) is 0. The van der Waals surface area contributed by atoms with E-state index in [9.17, 15) is 0 Å². The van der Waals surface area contributed by atoms with Gasteiger partial charge in [0, 0.05) is 13.1 Å². The molecule has 102 valence electrons. The fourth-order valence-corrected chi connectivity index (χ4v) is 1.90. The number of rotatable bonds is 7. The molecule has 1 rings (SSSR count). The van der Waals surface area contributed by atoms with E-state index in [1.165, 1.54) is 5.56 Å². The fourth-order valence-electron chi connectivity index (χ4n) is 1.90. The van der Waals surface area contributed by atoms with Gasteiger partial charge in [0.05, 0.1) is 0 Å². The van der Waals surface area contributed by atoms with E-state index in [0.717, 1.165) is 18.8 Å². The van der Waals surface area contributed by atoms with Crippen LogP contribution in [0.3, 0.4) is 0 Å². The minimum atomic E-state index is 0.164. The van der Waals surface area contributed by atoms with Crippen molar-refractivity contribution in [2.75, 3.05) is 33.3 Å². The first-order valence-electron chi connectivity index (χ1n) is 6.52. The summed E-state index contributed by atoms with van der Waals surface area (Å²) in [5.41, 5.74) is 7.08. The van der Waals surface area contributed by atoms with Crippen molar-refractivity contribution in [3.63, 3.8) is 0 Å². The molecular weight excluding hydrogens is 224 g/mol. The first-order valence-corrected chi connectivity index (χ1v) is 6.52. The lowest BCUT2D eigenvalue weighted by Gasteiger charge is -2.28. The molecular formula is C15H26N2O. The molecule has 0 amide bonds. The lowest BCUT2D eigenvalue weighted by atomic mass is 9.93.